The lowest BCUT2D eigenvalue weighted by Gasteiger charge is -2.23. The van der Waals surface area contributed by atoms with Crippen LogP contribution in [0.5, 0.6) is 0 Å². The van der Waals surface area contributed by atoms with E-state index in [9.17, 15) is 9.59 Å². The van der Waals surface area contributed by atoms with Crippen LogP contribution in [0.15, 0.2) is 12.2 Å². The van der Waals surface area contributed by atoms with Crippen LogP contribution in [-0.2, 0) is 14.3 Å². The third-order valence-corrected chi connectivity index (χ3v) is 1.82. The Kier molecular flexibility index (Phi) is 3.98. The molecule has 0 N–H and O–H groups in total. The molecule has 0 aliphatic carbocycles. The quantitative estimate of drug-likeness (QED) is 0.393. The van der Waals surface area contributed by atoms with Crippen molar-refractivity contribution in [2.45, 2.75) is 0 Å². The number of thiol groups is 1. The second-order valence-corrected chi connectivity index (χ2v) is 2.91. The lowest BCUT2D eigenvalue weighted by atomic mass is 10.3. The monoisotopic (exact) mass is 201 g/mol. The molecule has 72 valence electrons. The van der Waals surface area contributed by atoms with E-state index in [1.165, 1.54) is 4.90 Å². The van der Waals surface area contributed by atoms with Gasteiger partial charge in [0.1, 0.15) is 13.2 Å². The molecule has 5 heteroatoms. The summed E-state index contributed by atoms with van der Waals surface area (Å²) >= 11 is 3.96. The molecule has 13 heavy (non-hydrogen) atoms. The Balaban J connectivity index is 2.49. The fourth-order valence-corrected chi connectivity index (χ4v) is 1.13. The van der Waals surface area contributed by atoms with Crippen LogP contribution >= 0.6 is 12.6 Å². The second kappa shape index (κ2) is 5.04. The van der Waals surface area contributed by atoms with Gasteiger partial charge >= 0.3 is 0 Å². The van der Waals surface area contributed by atoms with Crippen molar-refractivity contribution in [1.82, 2.24) is 4.90 Å². The summed E-state index contributed by atoms with van der Waals surface area (Å²) in [6.07, 6.45) is 3.53. The van der Waals surface area contributed by atoms with Gasteiger partial charge in [-0.1, -0.05) is 12.2 Å². The van der Waals surface area contributed by atoms with Crippen molar-refractivity contribution in [1.29, 1.82) is 0 Å². The first kappa shape index (κ1) is 10.3. The van der Waals surface area contributed by atoms with Gasteiger partial charge in [-0.3, -0.25) is 14.5 Å². The summed E-state index contributed by atoms with van der Waals surface area (Å²) in [5.41, 5.74) is 0. The fraction of sp³-hybridized carbons (Fsp3) is 0.500. The Morgan fingerprint density at radius 2 is 1.92 bits per heavy atom. The van der Waals surface area contributed by atoms with Crippen LogP contribution in [0.2, 0.25) is 0 Å². The lowest BCUT2D eigenvalue weighted by molar-refractivity contribution is -0.157. The third-order valence-electron chi connectivity index (χ3n) is 1.61. The van der Waals surface area contributed by atoms with Crippen molar-refractivity contribution in [3.63, 3.8) is 0 Å². The number of carbonyl (C=O) groups excluding carboxylic acids is 2. The maximum absolute atomic E-state index is 11.1. The molecule has 1 heterocycles. The number of imide groups is 1. The number of nitrogens with zero attached hydrogens (tertiary/aromatic N) is 1. The Labute approximate surface area is 81.9 Å². The first-order chi connectivity index (χ1) is 6.25. The summed E-state index contributed by atoms with van der Waals surface area (Å²) in [5.74, 6) is 0.0485. The first-order valence-corrected chi connectivity index (χ1v) is 4.55. The van der Waals surface area contributed by atoms with Crippen molar-refractivity contribution in [2.24, 2.45) is 0 Å². The molecule has 0 atom stereocenters. The summed E-state index contributed by atoms with van der Waals surface area (Å²) in [7, 11) is 0. The van der Waals surface area contributed by atoms with E-state index in [2.05, 4.69) is 12.6 Å². The molecule has 0 radical (unpaired) electrons. The SMILES string of the molecule is O=C1COCC(=O)N1CC=CCS. The molecule has 1 aliphatic rings. The molecule has 0 aromatic carbocycles. The van der Waals surface area contributed by atoms with Gasteiger partial charge in [0.2, 0.25) is 0 Å². The Hall–Kier alpha value is -0.810. The average Bonchev–Trinajstić information content (AvgIpc) is 2.10. The standard InChI is InChI=1S/C8H11NO3S/c10-7-5-12-6-8(11)9(7)3-1-2-4-13/h1-2,13H,3-6H2. The predicted octanol–water partition coefficient (Wildman–Crippen LogP) is -0.142. The minimum Gasteiger partial charge on any atom is -0.362 e. The average molecular weight is 201 g/mol. The molecule has 0 spiro atoms. The molecule has 0 bridgehead atoms. The van der Waals surface area contributed by atoms with E-state index in [1.807, 2.05) is 0 Å². The lowest BCUT2D eigenvalue weighted by Crippen LogP contribution is -2.46. The zero-order valence-corrected chi connectivity index (χ0v) is 8.00. The van der Waals surface area contributed by atoms with E-state index >= 15 is 0 Å². The van der Waals surface area contributed by atoms with Crippen LogP contribution < -0.4 is 0 Å². The molecule has 4 nitrogen and oxygen atoms in total. The van der Waals surface area contributed by atoms with E-state index in [1.54, 1.807) is 12.2 Å². The highest BCUT2D eigenvalue weighted by Gasteiger charge is 2.24. The minimum absolute atomic E-state index is 0.000451. The van der Waals surface area contributed by atoms with Gasteiger partial charge < -0.3 is 4.74 Å². The first-order valence-electron chi connectivity index (χ1n) is 3.92. The van der Waals surface area contributed by atoms with Crippen LogP contribution in [0.25, 0.3) is 0 Å². The zero-order chi connectivity index (χ0) is 9.68. The van der Waals surface area contributed by atoms with Gasteiger partial charge in [-0.25, -0.2) is 0 Å². The minimum atomic E-state index is -0.278. The predicted molar refractivity (Wildman–Crippen MR) is 50.5 cm³/mol. The number of hydrogen-bond donors (Lipinski definition) is 1. The summed E-state index contributed by atoms with van der Waals surface area (Å²) in [6, 6.07) is 0. The van der Waals surface area contributed by atoms with Gasteiger partial charge in [-0.05, 0) is 0 Å². The molecule has 0 unspecified atom stereocenters. The molecule has 1 fully saturated rings. The number of amides is 2. The number of rotatable bonds is 3. The van der Waals surface area contributed by atoms with Crippen LogP contribution in [0.3, 0.4) is 0 Å². The van der Waals surface area contributed by atoms with Crippen LogP contribution in [0, 0.1) is 0 Å². The van der Waals surface area contributed by atoms with E-state index < -0.39 is 0 Å². The van der Waals surface area contributed by atoms with Gasteiger partial charge in [0.05, 0.1) is 0 Å². The van der Waals surface area contributed by atoms with Gasteiger partial charge in [0, 0.05) is 12.3 Å². The maximum Gasteiger partial charge on any atom is 0.255 e. The molecule has 1 aliphatic heterocycles. The molecule has 2 amide bonds. The van der Waals surface area contributed by atoms with Crippen molar-refractivity contribution in [3.05, 3.63) is 12.2 Å². The molecule has 0 aromatic heterocycles. The van der Waals surface area contributed by atoms with Crippen molar-refractivity contribution in [3.8, 4) is 0 Å². The van der Waals surface area contributed by atoms with Crippen molar-refractivity contribution >= 4 is 24.4 Å². The van der Waals surface area contributed by atoms with E-state index in [4.69, 9.17) is 4.74 Å². The summed E-state index contributed by atoms with van der Waals surface area (Å²) in [5, 5.41) is 0. The summed E-state index contributed by atoms with van der Waals surface area (Å²) in [4.78, 5) is 23.4. The van der Waals surface area contributed by atoms with Gasteiger partial charge in [-0.15, -0.1) is 0 Å². The number of carbonyl (C=O) groups is 2. The Morgan fingerprint density at radius 3 is 2.46 bits per heavy atom. The normalized spacial score (nSPS) is 18.7. The van der Waals surface area contributed by atoms with E-state index in [0.29, 0.717) is 12.3 Å². The number of morpholine rings is 1. The molecule has 0 saturated carbocycles. The molecule has 0 aromatic rings. The molecular weight excluding hydrogens is 190 g/mol. The fourth-order valence-electron chi connectivity index (χ4n) is 0.979. The number of ether oxygens (including phenoxy) is 1. The van der Waals surface area contributed by atoms with Gasteiger partial charge in [0.25, 0.3) is 11.8 Å². The topological polar surface area (TPSA) is 46.6 Å². The third kappa shape index (κ3) is 2.86. The summed E-state index contributed by atoms with van der Waals surface area (Å²) < 4.78 is 4.75. The highest BCUT2D eigenvalue weighted by atomic mass is 32.1. The highest BCUT2D eigenvalue weighted by Crippen LogP contribution is 2.00. The highest BCUT2D eigenvalue weighted by molar-refractivity contribution is 7.80. The van der Waals surface area contributed by atoms with E-state index in [-0.39, 0.29) is 25.0 Å². The van der Waals surface area contributed by atoms with Crippen LogP contribution in [0.1, 0.15) is 0 Å². The molecular formula is C8H11NO3S. The Morgan fingerprint density at radius 1 is 1.31 bits per heavy atom. The smallest absolute Gasteiger partial charge is 0.255 e. The maximum atomic E-state index is 11.1. The van der Waals surface area contributed by atoms with Gasteiger partial charge in [0.15, 0.2) is 0 Å². The van der Waals surface area contributed by atoms with Crippen LogP contribution in [-0.4, -0.2) is 42.2 Å². The summed E-state index contributed by atoms with van der Waals surface area (Å²) in [6.45, 7) is 0.322. The van der Waals surface area contributed by atoms with Gasteiger partial charge in [-0.2, -0.15) is 12.6 Å². The second-order valence-electron chi connectivity index (χ2n) is 2.54. The largest absolute Gasteiger partial charge is 0.362 e. The van der Waals surface area contributed by atoms with Crippen molar-refractivity contribution < 1.29 is 14.3 Å². The van der Waals surface area contributed by atoms with Crippen LogP contribution in [0.4, 0.5) is 0 Å². The molecule has 1 saturated heterocycles. The Bertz CT molecular complexity index is 224. The number of hydrogen-bond acceptors (Lipinski definition) is 4. The molecule has 1 rings (SSSR count). The van der Waals surface area contributed by atoms with Crippen molar-refractivity contribution in [2.75, 3.05) is 25.5 Å². The zero-order valence-electron chi connectivity index (χ0n) is 7.10. The van der Waals surface area contributed by atoms with E-state index in [0.717, 1.165) is 0 Å².